The number of para-hydroxylation sites is 5. The standard InChI is InChI=1S/C49H32BN3/c50-42-23-13-22-41-48(42)51-43-24-8-7-21-40(43)49(41,32-14-2-1-3-15-32)33-16-12-17-34(30-33)52-46-27-11-6-20-38(46)39-31-35(28-29-47(39)52)53-44-25-9-4-18-36(44)37-19-5-10-26-45(37)53/h1-31,51H. The fourth-order valence-corrected chi connectivity index (χ4v) is 9.16. The number of rotatable bonds is 4. The SMILES string of the molecule is [B]c1cccc2c1Nc1ccccc1C2(c1ccccc1)c1cccc(-n2c3ccccc3c3cc(-n4c5ccccc5c5ccccc54)ccc32)c1. The highest BCUT2D eigenvalue weighted by Gasteiger charge is 2.44. The molecule has 3 nitrogen and oxygen atoms in total. The molecule has 1 N–H and O–H groups in total. The minimum Gasteiger partial charge on any atom is -0.355 e. The van der Waals surface area contributed by atoms with Crippen LogP contribution in [0.25, 0.3) is 55.0 Å². The summed E-state index contributed by atoms with van der Waals surface area (Å²) in [6, 6.07) is 68.0. The summed E-state index contributed by atoms with van der Waals surface area (Å²) in [5.74, 6) is 0. The van der Waals surface area contributed by atoms with Crippen LogP contribution in [-0.4, -0.2) is 17.0 Å². The summed E-state index contributed by atoms with van der Waals surface area (Å²) in [6.45, 7) is 0. The fraction of sp³-hybridized carbons (Fsp3) is 0.0204. The van der Waals surface area contributed by atoms with Gasteiger partial charge in [0.2, 0.25) is 0 Å². The number of nitrogens with one attached hydrogen (secondary N) is 1. The molecule has 0 aliphatic carbocycles. The minimum atomic E-state index is -0.619. The largest absolute Gasteiger partial charge is 0.355 e. The number of benzene rings is 8. The van der Waals surface area contributed by atoms with Crippen molar-refractivity contribution in [3.8, 4) is 11.4 Å². The zero-order valence-electron chi connectivity index (χ0n) is 28.9. The van der Waals surface area contributed by atoms with E-state index in [0.29, 0.717) is 0 Å². The third kappa shape index (κ3) is 4.18. The molecule has 0 saturated heterocycles. The molecule has 1 aliphatic rings. The second-order valence-electron chi connectivity index (χ2n) is 14.0. The molecule has 53 heavy (non-hydrogen) atoms. The predicted molar refractivity (Wildman–Crippen MR) is 222 cm³/mol. The Kier molecular flexibility index (Phi) is 6.41. The van der Waals surface area contributed by atoms with Gasteiger partial charge in [-0.2, -0.15) is 0 Å². The highest BCUT2D eigenvalue weighted by molar-refractivity contribution is 6.36. The summed E-state index contributed by atoms with van der Waals surface area (Å²) in [4.78, 5) is 0. The molecule has 1 aliphatic heterocycles. The number of nitrogens with zero attached hydrogens (tertiary/aromatic N) is 2. The van der Waals surface area contributed by atoms with Gasteiger partial charge >= 0.3 is 0 Å². The first-order chi connectivity index (χ1) is 26.2. The Balaban J connectivity index is 1.18. The summed E-state index contributed by atoms with van der Waals surface area (Å²) in [7, 11) is 6.75. The Hall–Kier alpha value is -6.78. The van der Waals surface area contributed by atoms with Crippen LogP contribution in [0.4, 0.5) is 11.4 Å². The van der Waals surface area contributed by atoms with Crippen LogP contribution in [0.3, 0.4) is 0 Å². The number of fused-ring (bicyclic) bond motifs is 8. The molecule has 4 heteroatoms. The maximum absolute atomic E-state index is 6.75. The molecule has 1 atom stereocenters. The molecule has 0 amide bonds. The Morgan fingerprint density at radius 3 is 1.64 bits per heavy atom. The Morgan fingerprint density at radius 1 is 0.396 bits per heavy atom. The van der Waals surface area contributed by atoms with Gasteiger partial charge < -0.3 is 14.5 Å². The van der Waals surface area contributed by atoms with Gasteiger partial charge in [0, 0.05) is 44.3 Å². The van der Waals surface area contributed by atoms with Crippen LogP contribution in [0.15, 0.2) is 188 Å². The molecule has 0 spiro atoms. The van der Waals surface area contributed by atoms with Crippen molar-refractivity contribution < 1.29 is 0 Å². The maximum atomic E-state index is 6.75. The van der Waals surface area contributed by atoms with E-state index in [1.54, 1.807) is 0 Å². The monoisotopic (exact) mass is 673 g/mol. The van der Waals surface area contributed by atoms with Gasteiger partial charge in [0.15, 0.2) is 0 Å². The molecule has 2 radical (unpaired) electrons. The summed E-state index contributed by atoms with van der Waals surface area (Å²) in [5.41, 5.74) is 13.8. The quantitative estimate of drug-likeness (QED) is 0.185. The van der Waals surface area contributed by atoms with Gasteiger partial charge in [-0.3, -0.25) is 0 Å². The van der Waals surface area contributed by atoms with E-state index in [4.69, 9.17) is 7.85 Å². The lowest BCUT2D eigenvalue weighted by Gasteiger charge is -2.43. The third-order valence-electron chi connectivity index (χ3n) is 11.3. The Bertz CT molecular complexity index is 3010. The zero-order valence-corrected chi connectivity index (χ0v) is 28.9. The number of hydrogen-bond acceptors (Lipinski definition) is 1. The molecule has 0 fully saturated rings. The first-order valence-corrected chi connectivity index (χ1v) is 18.2. The van der Waals surface area contributed by atoms with Gasteiger partial charge in [0.05, 0.1) is 27.5 Å². The lowest BCUT2D eigenvalue weighted by Crippen LogP contribution is -2.37. The second kappa shape index (κ2) is 11.4. The van der Waals surface area contributed by atoms with Crippen molar-refractivity contribution in [1.82, 2.24) is 9.13 Å². The van der Waals surface area contributed by atoms with E-state index in [0.717, 1.165) is 39.3 Å². The van der Waals surface area contributed by atoms with Gasteiger partial charge in [0.25, 0.3) is 0 Å². The van der Waals surface area contributed by atoms with E-state index in [2.05, 4.69) is 196 Å². The minimum absolute atomic E-state index is 0.619. The van der Waals surface area contributed by atoms with Crippen molar-refractivity contribution in [2.45, 2.75) is 5.41 Å². The topological polar surface area (TPSA) is 21.9 Å². The summed E-state index contributed by atoms with van der Waals surface area (Å²) < 4.78 is 4.83. The van der Waals surface area contributed by atoms with Crippen LogP contribution in [0, 0.1) is 0 Å². The Morgan fingerprint density at radius 2 is 0.925 bits per heavy atom. The molecule has 10 aromatic rings. The number of hydrogen-bond donors (Lipinski definition) is 1. The zero-order chi connectivity index (χ0) is 35.1. The van der Waals surface area contributed by atoms with E-state index < -0.39 is 5.41 Å². The van der Waals surface area contributed by atoms with Crippen molar-refractivity contribution in [2.75, 3.05) is 5.32 Å². The third-order valence-corrected chi connectivity index (χ3v) is 11.3. The van der Waals surface area contributed by atoms with Crippen LogP contribution >= 0.6 is 0 Å². The van der Waals surface area contributed by atoms with Crippen molar-refractivity contribution in [3.63, 3.8) is 0 Å². The van der Waals surface area contributed by atoms with E-state index in [1.807, 2.05) is 6.07 Å². The molecular weight excluding hydrogens is 641 g/mol. The van der Waals surface area contributed by atoms with Gasteiger partial charge in [-0.1, -0.05) is 139 Å². The Labute approximate surface area is 308 Å². The smallest absolute Gasteiger partial charge is 0.116 e. The lowest BCUT2D eigenvalue weighted by molar-refractivity contribution is 0.740. The van der Waals surface area contributed by atoms with Gasteiger partial charge in [-0.15, -0.1) is 0 Å². The van der Waals surface area contributed by atoms with E-state index in [9.17, 15) is 0 Å². The average molecular weight is 674 g/mol. The van der Waals surface area contributed by atoms with Crippen LogP contribution in [0.2, 0.25) is 0 Å². The summed E-state index contributed by atoms with van der Waals surface area (Å²) in [5, 5.41) is 8.66. The molecule has 11 rings (SSSR count). The van der Waals surface area contributed by atoms with Crippen LogP contribution in [-0.2, 0) is 5.41 Å². The molecule has 0 saturated carbocycles. The van der Waals surface area contributed by atoms with E-state index >= 15 is 0 Å². The highest BCUT2D eigenvalue weighted by atomic mass is 15.0. The van der Waals surface area contributed by atoms with Crippen molar-refractivity contribution in [2.24, 2.45) is 0 Å². The van der Waals surface area contributed by atoms with Crippen molar-refractivity contribution in [3.05, 3.63) is 210 Å². The molecule has 2 aromatic heterocycles. The predicted octanol–water partition coefficient (Wildman–Crippen LogP) is 11.1. The summed E-state index contributed by atoms with van der Waals surface area (Å²) >= 11 is 0. The number of aromatic nitrogens is 2. The lowest BCUT2D eigenvalue weighted by atomic mass is 9.62. The normalized spacial score (nSPS) is 15.1. The van der Waals surface area contributed by atoms with Crippen LogP contribution in [0.1, 0.15) is 22.3 Å². The van der Waals surface area contributed by atoms with Crippen molar-refractivity contribution in [1.29, 1.82) is 0 Å². The molecule has 1 unspecified atom stereocenters. The van der Waals surface area contributed by atoms with E-state index in [-0.39, 0.29) is 0 Å². The maximum Gasteiger partial charge on any atom is 0.116 e. The van der Waals surface area contributed by atoms with Gasteiger partial charge in [-0.25, -0.2) is 0 Å². The number of anilines is 2. The average Bonchev–Trinajstić information content (AvgIpc) is 3.73. The van der Waals surface area contributed by atoms with E-state index in [1.165, 1.54) is 54.8 Å². The second-order valence-corrected chi connectivity index (χ2v) is 14.0. The molecule has 8 aromatic carbocycles. The molecule has 246 valence electrons. The first kappa shape index (κ1) is 29.9. The highest BCUT2D eigenvalue weighted by Crippen LogP contribution is 2.53. The van der Waals surface area contributed by atoms with Crippen molar-refractivity contribution >= 4 is 68.3 Å². The molecular formula is C49H32BN3. The molecule has 0 bridgehead atoms. The van der Waals surface area contributed by atoms with Crippen LogP contribution < -0.4 is 10.8 Å². The van der Waals surface area contributed by atoms with Gasteiger partial charge in [0.1, 0.15) is 7.85 Å². The summed E-state index contributed by atoms with van der Waals surface area (Å²) in [6.07, 6.45) is 0. The molecule has 3 heterocycles. The van der Waals surface area contributed by atoms with Crippen LogP contribution in [0.5, 0.6) is 0 Å². The fourth-order valence-electron chi connectivity index (χ4n) is 9.16. The van der Waals surface area contributed by atoms with Gasteiger partial charge in [-0.05, 0) is 76.9 Å². The first-order valence-electron chi connectivity index (χ1n) is 18.2.